The number of aliphatic imine (C=N–C) groups is 1. The summed E-state index contributed by atoms with van der Waals surface area (Å²) in [5, 5.41) is 7.96. The minimum Gasteiger partial charge on any atom is -0.493 e. The van der Waals surface area contributed by atoms with Crippen molar-refractivity contribution >= 4 is 17.7 Å². The maximum atomic E-state index is 5.44. The van der Waals surface area contributed by atoms with E-state index in [1.165, 1.54) is 0 Å². The summed E-state index contributed by atoms with van der Waals surface area (Å²) in [4.78, 5) is 13.8. The third-order valence-electron chi connectivity index (χ3n) is 5.20. The van der Waals surface area contributed by atoms with Crippen molar-refractivity contribution in [2.24, 2.45) is 4.99 Å². The summed E-state index contributed by atoms with van der Waals surface area (Å²) in [5.74, 6) is 4.53. The van der Waals surface area contributed by atoms with Gasteiger partial charge in [0, 0.05) is 12.6 Å². The number of amidine groups is 1. The van der Waals surface area contributed by atoms with E-state index in [4.69, 9.17) is 9.47 Å². The molecule has 8 nitrogen and oxygen atoms in total. The van der Waals surface area contributed by atoms with Crippen LogP contribution >= 0.6 is 0 Å². The van der Waals surface area contributed by atoms with Crippen LogP contribution in [0.2, 0.25) is 0 Å². The smallest absolute Gasteiger partial charge is 0.161 e. The summed E-state index contributed by atoms with van der Waals surface area (Å²) in [6, 6.07) is 9.77. The van der Waals surface area contributed by atoms with E-state index in [0.717, 1.165) is 34.3 Å². The predicted molar refractivity (Wildman–Crippen MR) is 129 cm³/mol. The Bertz CT molecular complexity index is 1220. The topological polar surface area (TPSA) is 86.5 Å². The number of pyridine rings is 1. The Hall–Kier alpha value is -3.94. The molecule has 0 aliphatic carbocycles. The molecule has 1 aliphatic rings. The van der Waals surface area contributed by atoms with E-state index >= 15 is 0 Å². The van der Waals surface area contributed by atoms with Crippen LogP contribution in [0.15, 0.2) is 53.7 Å². The van der Waals surface area contributed by atoms with Gasteiger partial charge in [0.2, 0.25) is 0 Å². The molecule has 3 aromatic rings. The van der Waals surface area contributed by atoms with Gasteiger partial charge in [-0.15, -0.1) is 5.10 Å². The molecule has 0 saturated carbocycles. The van der Waals surface area contributed by atoms with Crippen molar-refractivity contribution < 1.29 is 9.47 Å². The lowest BCUT2D eigenvalue weighted by Crippen LogP contribution is -2.30. The number of methoxy groups -OCH3 is 2. The number of rotatable bonds is 7. The highest BCUT2D eigenvalue weighted by atomic mass is 16.5. The summed E-state index contributed by atoms with van der Waals surface area (Å²) in [6.07, 6.45) is 8.49. The third kappa shape index (κ3) is 5.28. The molecule has 33 heavy (non-hydrogen) atoms. The minimum absolute atomic E-state index is 0.136. The molecule has 1 aliphatic heterocycles. The highest BCUT2D eigenvalue weighted by Gasteiger charge is 2.18. The van der Waals surface area contributed by atoms with Crippen molar-refractivity contribution in [1.82, 2.24) is 25.1 Å². The average molecular weight is 445 g/mol. The van der Waals surface area contributed by atoms with E-state index in [1.807, 2.05) is 80.2 Å². The van der Waals surface area contributed by atoms with E-state index in [0.29, 0.717) is 23.7 Å². The number of nitrogens with zero attached hydrogens (tertiary/aromatic N) is 5. The third-order valence-corrected chi connectivity index (χ3v) is 5.20. The van der Waals surface area contributed by atoms with Crippen molar-refractivity contribution in [1.29, 1.82) is 0 Å². The molecule has 0 amide bonds. The fourth-order valence-corrected chi connectivity index (χ4v) is 3.62. The zero-order chi connectivity index (χ0) is 23.4. The van der Waals surface area contributed by atoms with Gasteiger partial charge in [-0.25, -0.2) is 9.67 Å². The first-order valence-electron chi connectivity index (χ1n) is 10.7. The van der Waals surface area contributed by atoms with Gasteiger partial charge in [0.1, 0.15) is 17.5 Å². The first-order chi connectivity index (χ1) is 15.9. The molecular weight excluding hydrogens is 416 g/mol. The molecule has 0 radical (unpaired) electrons. The Morgan fingerprint density at radius 2 is 1.88 bits per heavy atom. The number of aromatic nitrogens is 4. The number of hydrogen-bond donors (Lipinski definition) is 1. The van der Waals surface area contributed by atoms with E-state index in [2.05, 4.69) is 25.4 Å². The first kappa shape index (κ1) is 22.3. The lowest BCUT2D eigenvalue weighted by atomic mass is 10.1. The molecule has 8 heteroatoms. The molecular formula is C25H28N6O2. The molecule has 1 aromatic carbocycles. The fraction of sp³-hybridized carbons (Fsp3) is 0.280. The maximum absolute atomic E-state index is 5.44. The van der Waals surface area contributed by atoms with E-state index in [1.54, 1.807) is 14.2 Å². The summed E-state index contributed by atoms with van der Waals surface area (Å²) in [5.41, 5.74) is 3.08. The number of benzene rings is 1. The molecule has 170 valence electrons. The van der Waals surface area contributed by atoms with Crippen molar-refractivity contribution in [2.75, 3.05) is 14.2 Å². The normalized spacial score (nSPS) is 15.7. The monoisotopic (exact) mass is 444 g/mol. The molecule has 1 N–H and O–H groups in total. The molecule has 1 unspecified atom stereocenters. The van der Waals surface area contributed by atoms with Crippen molar-refractivity contribution in [3.63, 3.8) is 0 Å². The van der Waals surface area contributed by atoms with Gasteiger partial charge >= 0.3 is 0 Å². The quantitative estimate of drug-likeness (QED) is 0.597. The lowest BCUT2D eigenvalue weighted by molar-refractivity contribution is 0.354. The van der Waals surface area contributed by atoms with Gasteiger partial charge in [0.15, 0.2) is 11.5 Å². The Labute approximate surface area is 193 Å². The standard InChI is InChI=1S/C25H28N6O2/c1-16-6-8-20(26-15-16)9-10-21-14-25(28-17(2)27-21)31-24(29-18(3)30-31)13-19-7-11-22(32-4)23(12-19)33-5/h6-12,14-15,21H,13H2,1-5H3,(H,27,28)/b10-9+. The Morgan fingerprint density at radius 3 is 2.61 bits per heavy atom. The van der Waals surface area contributed by atoms with Gasteiger partial charge in [-0.3, -0.25) is 9.98 Å². The summed E-state index contributed by atoms with van der Waals surface area (Å²) >= 11 is 0. The van der Waals surface area contributed by atoms with Gasteiger partial charge in [-0.05, 0) is 62.2 Å². The van der Waals surface area contributed by atoms with Crippen LogP contribution in [0, 0.1) is 13.8 Å². The molecule has 0 saturated heterocycles. The molecule has 0 fully saturated rings. The summed E-state index contributed by atoms with van der Waals surface area (Å²) < 4.78 is 12.6. The summed E-state index contributed by atoms with van der Waals surface area (Å²) in [6.45, 7) is 5.85. The van der Waals surface area contributed by atoms with Crippen LogP contribution in [0.25, 0.3) is 11.9 Å². The fourth-order valence-electron chi connectivity index (χ4n) is 3.62. The van der Waals surface area contributed by atoms with E-state index < -0.39 is 0 Å². The van der Waals surface area contributed by atoms with E-state index in [9.17, 15) is 0 Å². The number of hydrogen-bond acceptors (Lipinski definition) is 7. The van der Waals surface area contributed by atoms with Crippen LogP contribution in [0.4, 0.5) is 0 Å². The largest absolute Gasteiger partial charge is 0.493 e. The van der Waals surface area contributed by atoms with Crippen LogP contribution in [-0.4, -0.2) is 45.8 Å². The van der Waals surface area contributed by atoms with Crippen molar-refractivity contribution in [3.8, 4) is 11.5 Å². The molecule has 4 rings (SSSR count). The van der Waals surface area contributed by atoms with Crippen LogP contribution in [0.3, 0.4) is 0 Å². The minimum atomic E-state index is -0.136. The van der Waals surface area contributed by atoms with Gasteiger partial charge in [0.05, 0.1) is 31.8 Å². The highest BCUT2D eigenvalue weighted by molar-refractivity contribution is 5.88. The van der Waals surface area contributed by atoms with E-state index in [-0.39, 0.29) is 6.04 Å². The van der Waals surface area contributed by atoms with Crippen LogP contribution in [0.5, 0.6) is 11.5 Å². The van der Waals surface area contributed by atoms with Gasteiger partial charge in [-0.1, -0.05) is 18.2 Å². The second-order valence-electron chi connectivity index (χ2n) is 7.85. The lowest BCUT2D eigenvalue weighted by Gasteiger charge is -2.19. The number of ether oxygens (including phenoxy) is 2. The second kappa shape index (κ2) is 9.68. The summed E-state index contributed by atoms with van der Waals surface area (Å²) in [7, 11) is 3.26. The van der Waals surface area contributed by atoms with Gasteiger partial charge in [-0.2, -0.15) is 0 Å². The van der Waals surface area contributed by atoms with Crippen molar-refractivity contribution in [2.45, 2.75) is 33.2 Å². The SMILES string of the molecule is COc1ccc(Cc2nc(C)nn2C2=CC(/C=C/c3ccc(C)cn3)N=C(C)N2)cc1OC. The second-order valence-corrected chi connectivity index (χ2v) is 7.85. The van der Waals surface area contributed by atoms with Gasteiger partial charge in [0.25, 0.3) is 0 Å². The van der Waals surface area contributed by atoms with Crippen molar-refractivity contribution in [3.05, 3.63) is 77.2 Å². The number of nitrogens with one attached hydrogen (secondary N) is 1. The Morgan fingerprint density at radius 1 is 1.06 bits per heavy atom. The number of aryl methyl sites for hydroxylation is 2. The Kier molecular flexibility index (Phi) is 6.53. The van der Waals surface area contributed by atoms with Crippen LogP contribution in [0.1, 0.15) is 35.4 Å². The zero-order valence-electron chi connectivity index (χ0n) is 19.5. The Balaban J connectivity index is 1.60. The highest BCUT2D eigenvalue weighted by Crippen LogP contribution is 2.28. The van der Waals surface area contributed by atoms with Crippen LogP contribution < -0.4 is 14.8 Å². The molecule has 2 aromatic heterocycles. The van der Waals surface area contributed by atoms with Gasteiger partial charge < -0.3 is 14.8 Å². The molecule has 3 heterocycles. The van der Waals surface area contributed by atoms with Crippen LogP contribution in [-0.2, 0) is 6.42 Å². The predicted octanol–water partition coefficient (Wildman–Crippen LogP) is 3.80. The average Bonchev–Trinajstić information content (AvgIpc) is 3.18. The maximum Gasteiger partial charge on any atom is 0.161 e. The molecule has 0 bridgehead atoms. The first-order valence-corrected chi connectivity index (χ1v) is 10.7. The molecule has 0 spiro atoms. The molecule has 1 atom stereocenters. The zero-order valence-corrected chi connectivity index (χ0v) is 19.5.